The van der Waals surface area contributed by atoms with Gasteiger partial charge >= 0.3 is 0 Å². The molecule has 2 aliphatic heterocycles. The van der Waals surface area contributed by atoms with E-state index in [-0.39, 0.29) is 31.6 Å². The number of aromatic nitrogens is 2. The molecule has 2 aliphatic rings. The number of rotatable bonds is 8. The van der Waals surface area contributed by atoms with Crippen LogP contribution in [0.1, 0.15) is 6.42 Å². The number of halogens is 2. The van der Waals surface area contributed by atoms with E-state index in [0.29, 0.717) is 35.4 Å². The summed E-state index contributed by atoms with van der Waals surface area (Å²) >= 11 is 0. The van der Waals surface area contributed by atoms with Gasteiger partial charge in [-0.2, -0.15) is 0 Å². The Morgan fingerprint density at radius 1 is 1.06 bits per heavy atom. The molecule has 5 rings (SSSR count). The van der Waals surface area contributed by atoms with Crippen LogP contribution in [0.25, 0.3) is 10.9 Å². The van der Waals surface area contributed by atoms with Crippen LogP contribution in [0.15, 0.2) is 36.7 Å². The van der Waals surface area contributed by atoms with E-state index in [2.05, 4.69) is 20.2 Å². The van der Waals surface area contributed by atoms with Crippen molar-refractivity contribution in [2.45, 2.75) is 6.42 Å². The maximum atomic E-state index is 6.05. The maximum absolute atomic E-state index is 6.05. The Labute approximate surface area is 210 Å². The Morgan fingerprint density at radius 3 is 2.74 bits per heavy atom. The highest BCUT2D eigenvalue weighted by atomic mass is 35.5. The molecule has 1 fully saturated rings. The van der Waals surface area contributed by atoms with Crippen LogP contribution in [0.4, 0.5) is 11.5 Å². The van der Waals surface area contributed by atoms with Crippen molar-refractivity contribution in [2.75, 3.05) is 58.7 Å². The summed E-state index contributed by atoms with van der Waals surface area (Å²) in [5.41, 5.74) is 1.54. The standard InChI is InChI=1S/C23H26N4O5.2ClH/c1-28-20-12-16-18(13-21(20)30-9-3-6-27-7-10-29-11-8-27)24-14-25-23(16)26-17-4-2-5-19-22(17)32-15-31-19;;/h2,4-5,12-14H,3,6-11,15H2,1H3,(H,24,25,26);2*1H. The molecule has 3 aromatic rings. The third-order valence-electron chi connectivity index (χ3n) is 5.55. The number of anilines is 2. The number of ether oxygens (including phenoxy) is 5. The van der Waals surface area contributed by atoms with Crippen molar-refractivity contribution >= 4 is 47.2 Å². The highest BCUT2D eigenvalue weighted by Gasteiger charge is 2.19. The minimum atomic E-state index is 0. The summed E-state index contributed by atoms with van der Waals surface area (Å²) in [4.78, 5) is 11.3. The van der Waals surface area contributed by atoms with Crippen molar-refractivity contribution in [2.24, 2.45) is 0 Å². The molecule has 11 heteroatoms. The third kappa shape index (κ3) is 5.67. The molecule has 1 aromatic heterocycles. The van der Waals surface area contributed by atoms with Gasteiger partial charge in [-0.1, -0.05) is 6.07 Å². The summed E-state index contributed by atoms with van der Waals surface area (Å²) in [5, 5.41) is 4.16. The fraction of sp³-hybridized carbons (Fsp3) is 0.391. The molecule has 0 atom stereocenters. The summed E-state index contributed by atoms with van der Waals surface area (Å²) in [6.07, 6.45) is 2.46. The van der Waals surface area contributed by atoms with E-state index in [0.717, 1.165) is 55.9 Å². The lowest BCUT2D eigenvalue weighted by molar-refractivity contribution is 0.0357. The van der Waals surface area contributed by atoms with Crippen molar-refractivity contribution in [3.63, 3.8) is 0 Å². The van der Waals surface area contributed by atoms with Gasteiger partial charge in [-0.05, 0) is 24.6 Å². The summed E-state index contributed by atoms with van der Waals surface area (Å²) in [6.45, 7) is 5.37. The minimum Gasteiger partial charge on any atom is -0.493 e. The summed E-state index contributed by atoms with van der Waals surface area (Å²) < 4.78 is 28.1. The van der Waals surface area contributed by atoms with E-state index in [4.69, 9.17) is 23.7 Å². The van der Waals surface area contributed by atoms with E-state index < -0.39 is 0 Å². The van der Waals surface area contributed by atoms with Crippen LogP contribution in [0.3, 0.4) is 0 Å². The number of nitrogens with zero attached hydrogens (tertiary/aromatic N) is 3. The first-order valence-corrected chi connectivity index (χ1v) is 10.7. The second-order valence-electron chi connectivity index (χ2n) is 7.56. The number of para-hydroxylation sites is 1. The van der Waals surface area contributed by atoms with Gasteiger partial charge in [-0.15, -0.1) is 24.8 Å². The van der Waals surface area contributed by atoms with Crippen molar-refractivity contribution in [1.82, 2.24) is 14.9 Å². The summed E-state index contributed by atoms with van der Waals surface area (Å²) in [6, 6.07) is 9.49. The molecule has 1 N–H and O–H groups in total. The molecule has 0 unspecified atom stereocenters. The molecule has 0 spiro atoms. The Kier molecular flexibility index (Phi) is 9.23. The third-order valence-corrected chi connectivity index (χ3v) is 5.55. The first-order chi connectivity index (χ1) is 15.8. The number of benzene rings is 2. The van der Waals surface area contributed by atoms with Gasteiger partial charge in [0.05, 0.1) is 38.1 Å². The van der Waals surface area contributed by atoms with Crippen LogP contribution in [0.2, 0.25) is 0 Å². The largest absolute Gasteiger partial charge is 0.493 e. The normalized spacial score (nSPS) is 14.7. The van der Waals surface area contributed by atoms with Gasteiger partial charge in [0.25, 0.3) is 0 Å². The van der Waals surface area contributed by atoms with Gasteiger partial charge in [0.15, 0.2) is 23.0 Å². The van der Waals surface area contributed by atoms with Crippen LogP contribution >= 0.6 is 24.8 Å². The Bertz CT molecular complexity index is 1100. The van der Waals surface area contributed by atoms with Crippen LogP contribution in [-0.2, 0) is 4.74 Å². The van der Waals surface area contributed by atoms with Crippen molar-refractivity contribution < 1.29 is 23.7 Å². The number of methoxy groups -OCH3 is 1. The molecule has 0 amide bonds. The van der Waals surface area contributed by atoms with Crippen LogP contribution < -0.4 is 24.3 Å². The smallest absolute Gasteiger partial charge is 0.231 e. The average molecular weight is 511 g/mol. The predicted molar refractivity (Wildman–Crippen MR) is 134 cm³/mol. The van der Waals surface area contributed by atoms with Crippen molar-refractivity contribution in [1.29, 1.82) is 0 Å². The van der Waals surface area contributed by atoms with E-state index in [1.54, 1.807) is 7.11 Å². The van der Waals surface area contributed by atoms with Gasteiger partial charge in [-0.3, -0.25) is 4.90 Å². The fourth-order valence-corrected chi connectivity index (χ4v) is 3.89. The maximum Gasteiger partial charge on any atom is 0.231 e. The number of hydrogen-bond donors (Lipinski definition) is 1. The number of morpholine rings is 1. The molecular weight excluding hydrogens is 483 g/mol. The topological polar surface area (TPSA) is 87.2 Å². The highest BCUT2D eigenvalue weighted by molar-refractivity contribution is 5.93. The lowest BCUT2D eigenvalue weighted by Gasteiger charge is -2.26. The molecule has 9 nitrogen and oxygen atoms in total. The van der Waals surface area contributed by atoms with Crippen molar-refractivity contribution in [3.8, 4) is 23.0 Å². The number of fused-ring (bicyclic) bond motifs is 2. The molecular formula is C23H28Cl2N4O5. The second-order valence-corrected chi connectivity index (χ2v) is 7.56. The number of nitrogens with one attached hydrogen (secondary N) is 1. The lowest BCUT2D eigenvalue weighted by Crippen LogP contribution is -2.37. The molecule has 0 aliphatic carbocycles. The molecule has 184 valence electrons. The molecule has 0 saturated carbocycles. The van der Waals surface area contributed by atoms with E-state index in [1.165, 1.54) is 6.33 Å². The van der Waals surface area contributed by atoms with E-state index >= 15 is 0 Å². The minimum absolute atomic E-state index is 0. The van der Waals surface area contributed by atoms with E-state index in [1.807, 2.05) is 30.3 Å². The Balaban J connectivity index is 0.00000162. The first kappa shape index (κ1) is 25.9. The molecule has 1 saturated heterocycles. The van der Waals surface area contributed by atoms with Gasteiger partial charge in [0.2, 0.25) is 6.79 Å². The van der Waals surface area contributed by atoms with Gasteiger partial charge in [-0.25, -0.2) is 9.97 Å². The first-order valence-electron chi connectivity index (χ1n) is 10.7. The van der Waals surface area contributed by atoms with Crippen LogP contribution in [0.5, 0.6) is 23.0 Å². The second kappa shape index (κ2) is 12.1. The predicted octanol–water partition coefficient (Wildman–Crippen LogP) is 4.06. The molecule has 34 heavy (non-hydrogen) atoms. The van der Waals surface area contributed by atoms with E-state index in [9.17, 15) is 0 Å². The molecule has 0 bridgehead atoms. The summed E-state index contributed by atoms with van der Waals surface area (Å²) in [7, 11) is 1.63. The Morgan fingerprint density at radius 2 is 1.91 bits per heavy atom. The quantitative estimate of drug-likeness (QED) is 0.450. The SMILES string of the molecule is COc1cc2c(Nc3cccc4c3OCO4)ncnc2cc1OCCCN1CCOCC1.Cl.Cl. The zero-order chi connectivity index (χ0) is 21.8. The molecule has 3 heterocycles. The summed E-state index contributed by atoms with van der Waals surface area (Å²) in [5.74, 6) is 3.34. The fourth-order valence-electron chi connectivity index (χ4n) is 3.89. The van der Waals surface area contributed by atoms with Gasteiger partial charge in [0, 0.05) is 31.1 Å². The molecule has 2 aromatic carbocycles. The van der Waals surface area contributed by atoms with Crippen LogP contribution in [0, 0.1) is 0 Å². The average Bonchev–Trinajstić information content (AvgIpc) is 3.32. The monoisotopic (exact) mass is 510 g/mol. The number of hydrogen-bond acceptors (Lipinski definition) is 9. The zero-order valence-corrected chi connectivity index (χ0v) is 20.5. The van der Waals surface area contributed by atoms with Gasteiger partial charge < -0.3 is 29.0 Å². The lowest BCUT2D eigenvalue weighted by atomic mass is 10.2. The van der Waals surface area contributed by atoms with Gasteiger partial charge in [0.1, 0.15) is 12.1 Å². The van der Waals surface area contributed by atoms with Crippen molar-refractivity contribution in [3.05, 3.63) is 36.7 Å². The molecule has 0 radical (unpaired) electrons. The Hall–Kier alpha value is -2.72. The zero-order valence-electron chi connectivity index (χ0n) is 18.8. The highest BCUT2D eigenvalue weighted by Crippen LogP contribution is 2.41. The van der Waals surface area contributed by atoms with Crippen LogP contribution in [-0.4, -0.2) is 68.2 Å².